The standard InChI is InChI=1S/C12H13NO6/c1-3-18-11(14)10-12(2,15)8-5-4-7(13(16)17)6-9(8)19-10/h4-6,10,15H,3H2,1-2H3/t10-,12+/m1/s1. The van der Waals surface area contributed by atoms with Crippen molar-refractivity contribution in [1.82, 2.24) is 0 Å². The Morgan fingerprint density at radius 3 is 2.89 bits per heavy atom. The van der Waals surface area contributed by atoms with Crippen molar-refractivity contribution in [2.75, 3.05) is 6.61 Å². The van der Waals surface area contributed by atoms with E-state index in [1.165, 1.54) is 25.1 Å². The number of benzene rings is 1. The molecule has 1 N–H and O–H groups in total. The molecule has 1 aliphatic heterocycles. The summed E-state index contributed by atoms with van der Waals surface area (Å²) in [5.74, 6) is -0.580. The molecule has 1 aliphatic rings. The fourth-order valence-corrected chi connectivity index (χ4v) is 2.02. The number of carbonyl (C=O) groups is 1. The molecule has 1 aromatic rings. The van der Waals surface area contributed by atoms with Crippen LogP contribution in [-0.4, -0.2) is 28.7 Å². The molecule has 0 bridgehead atoms. The maximum Gasteiger partial charge on any atom is 0.350 e. The molecule has 0 aromatic heterocycles. The maximum absolute atomic E-state index is 11.7. The van der Waals surface area contributed by atoms with E-state index in [1.807, 2.05) is 0 Å². The van der Waals surface area contributed by atoms with Gasteiger partial charge >= 0.3 is 5.97 Å². The lowest BCUT2D eigenvalue weighted by atomic mass is 9.92. The molecule has 0 saturated heterocycles. The first-order valence-corrected chi connectivity index (χ1v) is 5.72. The van der Waals surface area contributed by atoms with Crippen LogP contribution < -0.4 is 4.74 Å². The molecule has 7 heteroatoms. The lowest BCUT2D eigenvalue weighted by Crippen LogP contribution is -2.42. The predicted octanol–water partition coefficient (Wildman–Crippen LogP) is 1.13. The first-order chi connectivity index (χ1) is 8.87. The SMILES string of the molecule is CCOC(=O)[C@H]1Oc2cc([N+](=O)[O-])ccc2[C@]1(C)O. The Kier molecular flexibility index (Phi) is 3.15. The molecule has 102 valence electrons. The molecular formula is C12H13NO6. The number of hydrogen-bond acceptors (Lipinski definition) is 6. The van der Waals surface area contributed by atoms with Gasteiger partial charge in [0.1, 0.15) is 11.4 Å². The average Bonchev–Trinajstić information content (AvgIpc) is 2.61. The summed E-state index contributed by atoms with van der Waals surface area (Å²) in [4.78, 5) is 21.8. The number of esters is 1. The Morgan fingerprint density at radius 1 is 1.63 bits per heavy atom. The van der Waals surface area contributed by atoms with Crippen LogP contribution in [0.2, 0.25) is 0 Å². The van der Waals surface area contributed by atoms with Gasteiger partial charge in [-0.15, -0.1) is 0 Å². The highest BCUT2D eigenvalue weighted by Crippen LogP contribution is 2.43. The van der Waals surface area contributed by atoms with Gasteiger partial charge in [-0.2, -0.15) is 0 Å². The lowest BCUT2D eigenvalue weighted by Gasteiger charge is -2.22. The number of fused-ring (bicyclic) bond motifs is 1. The maximum atomic E-state index is 11.7. The molecule has 19 heavy (non-hydrogen) atoms. The van der Waals surface area contributed by atoms with E-state index in [4.69, 9.17) is 9.47 Å². The van der Waals surface area contributed by atoms with E-state index in [1.54, 1.807) is 6.92 Å². The summed E-state index contributed by atoms with van der Waals surface area (Å²) in [5.41, 5.74) is -1.41. The number of rotatable bonds is 3. The van der Waals surface area contributed by atoms with Gasteiger partial charge in [0.2, 0.25) is 6.10 Å². The Morgan fingerprint density at radius 2 is 2.32 bits per heavy atom. The summed E-state index contributed by atoms with van der Waals surface area (Å²) in [6.07, 6.45) is -1.22. The third kappa shape index (κ3) is 2.12. The Balaban J connectivity index is 2.38. The molecule has 2 rings (SSSR count). The molecule has 1 aromatic carbocycles. The summed E-state index contributed by atoms with van der Waals surface area (Å²) in [5, 5.41) is 21.0. The Labute approximate surface area is 108 Å². The number of nitro groups is 1. The van der Waals surface area contributed by atoms with Gasteiger partial charge < -0.3 is 14.6 Å². The predicted molar refractivity (Wildman–Crippen MR) is 63.7 cm³/mol. The van der Waals surface area contributed by atoms with Crippen LogP contribution in [0.25, 0.3) is 0 Å². The van der Waals surface area contributed by atoms with Crippen molar-refractivity contribution in [2.45, 2.75) is 25.6 Å². The molecule has 0 spiro atoms. The van der Waals surface area contributed by atoms with Gasteiger partial charge in [0.25, 0.3) is 5.69 Å². The van der Waals surface area contributed by atoms with Crippen LogP contribution in [0.4, 0.5) is 5.69 Å². The van der Waals surface area contributed by atoms with Gasteiger partial charge in [-0.25, -0.2) is 4.79 Å². The monoisotopic (exact) mass is 267 g/mol. The van der Waals surface area contributed by atoms with E-state index in [9.17, 15) is 20.0 Å². The van der Waals surface area contributed by atoms with Crippen molar-refractivity contribution in [1.29, 1.82) is 0 Å². The van der Waals surface area contributed by atoms with Crippen molar-refractivity contribution in [3.05, 3.63) is 33.9 Å². The Hall–Kier alpha value is -2.15. The van der Waals surface area contributed by atoms with E-state index in [0.29, 0.717) is 5.56 Å². The highest BCUT2D eigenvalue weighted by atomic mass is 16.6. The Bertz CT molecular complexity index is 539. The summed E-state index contributed by atoms with van der Waals surface area (Å²) in [6, 6.07) is 3.82. The van der Waals surface area contributed by atoms with Crippen LogP contribution in [0.3, 0.4) is 0 Å². The highest BCUT2D eigenvalue weighted by Gasteiger charge is 2.49. The molecular weight excluding hydrogens is 254 g/mol. The molecule has 7 nitrogen and oxygen atoms in total. The molecule has 0 fully saturated rings. The van der Waals surface area contributed by atoms with Crippen LogP contribution in [0.5, 0.6) is 5.75 Å². The molecule has 1 heterocycles. The van der Waals surface area contributed by atoms with Crippen molar-refractivity contribution in [3.63, 3.8) is 0 Å². The van der Waals surface area contributed by atoms with Gasteiger partial charge in [-0.1, -0.05) is 0 Å². The number of aliphatic hydroxyl groups is 1. The third-order valence-electron chi connectivity index (χ3n) is 2.98. The highest BCUT2D eigenvalue weighted by molar-refractivity contribution is 5.79. The fraction of sp³-hybridized carbons (Fsp3) is 0.417. The van der Waals surface area contributed by atoms with Crippen LogP contribution >= 0.6 is 0 Å². The fourth-order valence-electron chi connectivity index (χ4n) is 2.02. The van der Waals surface area contributed by atoms with E-state index in [0.717, 1.165) is 0 Å². The number of nitrogens with zero attached hydrogens (tertiary/aromatic N) is 1. The molecule has 2 atom stereocenters. The zero-order chi connectivity index (χ0) is 14.2. The number of ether oxygens (including phenoxy) is 2. The number of nitro benzene ring substituents is 1. The van der Waals surface area contributed by atoms with E-state index in [-0.39, 0.29) is 18.0 Å². The van der Waals surface area contributed by atoms with Gasteiger partial charge in [-0.3, -0.25) is 10.1 Å². The smallest absolute Gasteiger partial charge is 0.350 e. The number of carbonyl (C=O) groups excluding carboxylic acids is 1. The molecule has 0 saturated carbocycles. The third-order valence-corrected chi connectivity index (χ3v) is 2.98. The van der Waals surface area contributed by atoms with Gasteiger partial charge in [0, 0.05) is 11.6 Å². The lowest BCUT2D eigenvalue weighted by molar-refractivity contribution is -0.384. The summed E-state index contributed by atoms with van der Waals surface area (Å²) in [6.45, 7) is 3.21. The van der Waals surface area contributed by atoms with Crippen molar-refractivity contribution in [3.8, 4) is 5.75 Å². The van der Waals surface area contributed by atoms with Gasteiger partial charge in [0.05, 0.1) is 17.6 Å². The molecule has 0 unspecified atom stereocenters. The van der Waals surface area contributed by atoms with Crippen molar-refractivity contribution < 1.29 is 24.3 Å². The van der Waals surface area contributed by atoms with Crippen LogP contribution in [0.15, 0.2) is 18.2 Å². The van der Waals surface area contributed by atoms with E-state index in [2.05, 4.69) is 0 Å². The van der Waals surface area contributed by atoms with Crippen LogP contribution in [0, 0.1) is 10.1 Å². The first-order valence-electron chi connectivity index (χ1n) is 5.72. The zero-order valence-corrected chi connectivity index (χ0v) is 10.5. The average molecular weight is 267 g/mol. The second-order valence-electron chi connectivity index (χ2n) is 4.34. The summed E-state index contributed by atoms with van der Waals surface area (Å²) < 4.78 is 10.1. The number of non-ortho nitro benzene ring substituents is 1. The largest absolute Gasteiger partial charge is 0.475 e. The van der Waals surface area contributed by atoms with E-state index >= 15 is 0 Å². The molecule has 0 amide bonds. The van der Waals surface area contributed by atoms with Gasteiger partial charge in [-0.05, 0) is 19.9 Å². The van der Waals surface area contributed by atoms with Crippen LogP contribution in [0.1, 0.15) is 19.4 Å². The molecule has 0 aliphatic carbocycles. The van der Waals surface area contributed by atoms with Crippen molar-refractivity contribution in [2.24, 2.45) is 0 Å². The second-order valence-corrected chi connectivity index (χ2v) is 4.34. The number of hydrogen-bond donors (Lipinski definition) is 1. The molecule has 0 radical (unpaired) electrons. The minimum atomic E-state index is -1.57. The topological polar surface area (TPSA) is 98.9 Å². The second kappa shape index (κ2) is 4.51. The van der Waals surface area contributed by atoms with Gasteiger partial charge in [0.15, 0.2) is 0 Å². The minimum absolute atomic E-state index is 0.122. The summed E-state index contributed by atoms with van der Waals surface area (Å²) >= 11 is 0. The normalized spacial score (nSPS) is 24.5. The quantitative estimate of drug-likeness (QED) is 0.500. The minimum Gasteiger partial charge on any atom is -0.475 e. The van der Waals surface area contributed by atoms with Crippen molar-refractivity contribution >= 4 is 11.7 Å². The zero-order valence-electron chi connectivity index (χ0n) is 10.5. The van der Waals surface area contributed by atoms with E-state index < -0.39 is 22.6 Å². The summed E-state index contributed by atoms with van der Waals surface area (Å²) in [7, 11) is 0. The first kappa shape index (κ1) is 13.3. The van der Waals surface area contributed by atoms with Crippen LogP contribution in [-0.2, 0) is 15.1 Å².